The fourth-order valence-electron chi connectivity index (χ4n) is 3.66. The molecule has 0 saturated heterocycles. The summed E-state index contributed by atoms with van der Waals surface area (Å²) < 4.78 is 0. The molecule has 4 aromatic rings. The summed E-state index contributed by atoms with van der Waals surface area (Å²) >= 11 is 0. The second kappa shape index (κ2) is 9.37. The maximum absolute atomic E-state index is 13.5. The van der Waals surface area contributed by atoms with E-state index in [9.17, 15) is 4.79 Å². The molecular weight excluding hydrogens is 372 g/mol. The lowest BCUT2D eigenvalue weighted by Crippen LogP contribution is -2.30. The summed E-state index contributed by atoms with van der Waals surface area (Å²) in [5.41, 5.74) is 3.78. The van der Waals surface area contributed by atoms with E-state index in [1.54, 1.807) is 0 Å². The Balaban J connectivity index is 1.51. The molecule has 2 aromatic heterocycles. The van der Waals surface area contributed by atoms with Crippen molar-refractivity contribution in [3.63, 3.8) is 0 Å². The van der Waals surface area contributed by atoms with Crippen LogP contribution < -0.4 is 10.6 Å². The van der Waals surface area contributed by atoms with Crippen LogP contribution in [0.3, 0.4) is 0 Å². The van der Waals surface area contributed by atoms with Crippen LogP contribution in [0, 0.1) is 0 Å². The number of H-pyrrole nitrogens is 1. The Kier molecular flexibility index (Phi) is 6.20. The topological polar surface area (TPSA) is 69.8 Å². The minimum absolute atomic E-state index is 0.0688. The fraction of sp³-hybridized carbons (Fsp3) is 0.200. The first-order valence-corrected chi connectivity index (χ1v) is 10.3. The van der Waals surface area contributed by atoms with Gasteiger partial charge in [-0.3, -0.25) is 4.79 Å². The first kappa shape index (κ1) is 19.9. The highest BCUT2D eigenvalue weighted by Crippen LogP contribution is 2.24. The van der Waals surface area contributed by atoms with Gasteiger partial charge in [-0.1, -0.05) is 54.6 Å². The maximum Gasteiger partial charge on any atom is 0.186 e. The molecule has 0 saturated carbocycles. The van der Waals surface area contributed by atoms with Crippen molar-refractivity contribution in [1.82, 2.24) is 15.3 Å². The average molecular weight is 399 g/mol. The number of nitrogens with zero attached hydrogens (tertiary/aromatic N) is 1. The van der Waals surface area contributed by atoms with Crippen molar-refractivity contribution in [2.75, 3.05) is 18.4 Å². The smallest absolute Gasteiger partial charge is 0.186 e. The molecule has 0 fully saturated rings. The van der Waals surface area contributed by atoms with Crippen LogP contribution in [0.1, 0.15) is 34.5 Å². The summed E-state index contributed by atoms with van der Waals surface area (Å²) in [4.78, 5) is 21.1. The molecule has 3 N–H and O–H groups in total. The van der Waals surface area contributed by atoms with Crippen molar-refractivity contribution in [2.24, 2.45) is 0 Å². The summed E-state index contributed by atoms with van der Waals surface area (Å²) in [6.45, 7) is 3.58. The average Bonchev–Trinajstić information content (AvgIpc) is 3.22. The SMILES string of the molecule is CCNc1ccc(CCN[C@@H](C(=O)c2c[nH]c3ccccc23)c2ccccc2)cn1. The minimum Gasteiger partial charge on any atom is -0.370 e. The molecule has 0 radical (unpaired) electrons. The molecule has 4 rings (SSSR count). The van der Waals surface area contributed by atoms with E-state index in [2.05, 4.69) is 26.7 Å². The van der Waals surface area contributed by atoms with E-state index in [-0.39, 0.29) is 5.78 Å². The second-order valence-corrected chi connectivity index (χ2v) is 7.24. The largest absolute Gasteiger partial charge is 0.370 e. The molecule has 0 unspecified atom stereocenters. The molecule has 0 amide bonds. The summed E-state index contributed by atoms with van der Waals surface area (Å²) in [7, 11) is 0. The lowest BCUT2D eigenvalue weighted by atomic mass is 9.96. The number of hydrogen-bond acceptors (Lipinski definition) is 4. The van der Waals surface area contributed by atoms with Crippen LogP contribution in [0.15, 0.2) is 79.1 Å². The lowest BCUT2D eigenvalue weighted by molar-refractivity contribution is 0.0945. The zero-order chi connectivity index (χ0) is 20.8. The van der Waals surface area contributed by atoms with E-state index in [1.807, 2.05) is 80.0 Å². The molecule has 0 spiro atoms. The number of pyridine rings is 1. The molecule has 0 aliphatic rings. The summed E-state index contributed by atoms with van der Waals surface area (Å²) in [5.74, 6) is 0.949. The number of aromatic amines is 1. The van der Waals surface area contributed by atoms with Crippen LogP contribution in [0.25, 0.3) is 10.9 Å². The van der Waals surface area contributed by atoms with Crippen LogP contribution in [-0.4, -0.2) is 28.8 Å². The van der Waals surface area contributed by atoms with Crippen molar-refractivity contribution in [3.05, 3.63) is 95.8 Å². The number of aromatic nitrogens is 2. The van der Waals surface area contributed by atoms with Gasteiger partial charge in [-0.15, -0.1) is 0 Å². The van der Waals surface area contributed by atoms with Crippen molar-refractivity contribution < 1.29 is 4.79 Å². The third kappa shape index (κ3) is 4.42. The molecule has 0 bridgehead atoms. The van der Waals surface area contributed by atoms with Gasteiger partial charge >= 0.3 is 0 Å². The van der Waals surface area contributed by atoms with Gasteiger partial charge in [0.2, 0.25) is 0 Å². The number of carbonyl (C=O) groups excluding carboxylic acids is 1. The number of Topliss-reactive ketones (excluding diaryl/α,β-unsaturated/α-hetero) is 1. The monoisotopic (exact) mass is 398 g/mol. The number of benzene rings is 2. The quantitative estimate of drug-likeness (QED) is 0.356. The van der Waals surface area contributed by atoms with Crippen molar-refractivity contribution in [2.45, 2.75) is 19.4 Å². The number of hydrogen-bond donors (Lipinski definition) is 3. The zero-order valence-electron chi connectivity index (χ0n) is 17.1. The van der Waals surface area contributed by atoms with E-state index >= 15 is 0 Å². The Morgan fingerprint density at radius 1 is 1.03 bits per heavy atom. The van der Waals surface area contributed by atoms with E-state index < -0.39 is 6.04 Å². The van der Waals surface area contributed by atoms with Gasteiger partial charge in [-0.05, 0) is 36.6 Å². The number of ketones is 1. The van der Waals surface area contributed by atoms with Crippen LogP contribution in [0.5, 0.6) is 0 Å². The molecular formula is C25H26N4O. The first-order valence-electron chi connectivity index (χ1n) is 10.3. The maximum atomic E-state index is 13.5. The van der Waals surface area contributed by atoms with Gasteiger partial charge in [-0.2, -0.15) is 0 Å². The van der Waals surface area contributed by atoms with Crippen molar-refractivity contribution >= 4 is 22.5 Å². The predicted molar refractivity (Wildman–Crippen MR) is 122 cm³/mol. The van der Waals surface area contributed by atoms with Gasteiger partial charge in [0, 0.05) is 41.9 Å². The van der Waals surface area contributed by atoms with E-state index in [1.165, 1.54) is 0 Å². The normalized spacial score (nSPS) is 12.0. The third-order valence-corrected chi connectivity index (χ3v) is 5.19. The number of para-hydroxylation sites is 1. The molecule has 30 heavy (non-hydrogen) atoms. The summed E-state index contributed by atoms with van der Waals surface area (Å²) in [6.07, 6.45) is 4.50. The van der Waals surface area contributed by atoms with E-state index in [0.29, 0.717) is 12.1 Å². The second-order valence-electron chi connectivity index (χ2n) is 7.24. The molecule has 2 heterocycles. The van der Waals surface area contributed by atoms with E-state index in [4.69, 9.17) is 0 Å². The number of fused-ring (bicyclic) bond motifs is 1. The highest BCUT2D eigenvalue weighted by molar-refractivity contribution is 6.10. The number of rotatable bonds is 9. The highest BCUT2D eigenvalue weighted by Gasteiger charge is 2.23. The first-order chi connectivity index (χ1) is 14.8. The van der Waals surface area contributed by atoms with Crippen LogP contribution >= 0.6 is 0 Å². The Morgan fingerprint density at radius 2 is 1.83 bits per heavy atom. The minimum atomic E-state index is -0.403. The molecule has 0 aliphatic heterocycles. The summed E-state index contributed by atoms with van der Waals surface area (Å²) in [6, 6.07) is 21.5. The zero-order valence-corrected chi connectivity index (χ0v) is 17.1. The number of carbonyl (C=O) groups is 1. The molecule has 5 nitrogen and oxygen atoms in total. The van der Waals surface area contributed by atoms with E-state index in [0.717, 1.165) is 40.8 Å². The van der Waals surface area contributed by atoms with Crippen LogP contribution in [0.2, 0.25) is 0 Å². The Bertz CT molecular complexity index is 1100. The van der Waals surface area contributed by atoms with Crippen LogP contribution in [0.4, 0.5) is 5.82 Å². The fourth-order valence-corrected chi connectivity index (χ4v) is 3.66. The summed E-state index contributed by atoms with van der Waals surface area (Å²) in [5, 5.41) is 7.62. The molecule has 1 atom stereocenters. The Morgan fingerprint density at radius 3 is 2.60 bits per heavy atom. The Hall–Kier alpha value is -3.44. The molecule has 0 aliphatic carbocycles. The lowest BCUT2D eigenvalue weighted by Gasteiger charge is -2.18. The standard InChI is InChI=1S/C25H26N4O/c1-2-26-23-13-12-18(16-29-23)14-15-27-24(19-8-4-3-5-9-19)25(30)21-17-28-22-11-7-6-10-20(21)22/h3-13,16-17,24,27-28H,2,14-15H2,1H3,(H,26,29)/t24-/m1/s1. The van der Waals surface area contributed by atoms with Crippen molar-refractivity contribution in [1.29, 1.82) is 0 Å². The van der Waals surface area contributed by atoms with Gasteiger partial charge in [0.25, 0.3) is 0 Å². The van der Waals surface area contributed by atoms with Gasteiger partial charge in [0.15, 0.2) is 5.78 Å². The molecule has 2 aromatic carbocycles. The Labute approximate surface area is 176 Å². The third-order valence-electron chi connectivity index (χ3n) is 5.19. The van der Waals surface area contributed by atoms with Gasteiger partial charge < -0.3 is 15.6 Å². The van der Waals surface area contributed by atoms with Crippen LogP contribution in [-0.2, 0) is 6.42 Å². The van der Waals surface area contributed by atoms with Crippen molar-refractivity contribution in [3.8, 4) is 0 Å². The molecule has 152 valence electrons. The van der Waals surface area contributed by atoms with Gasteiger partial charge in [-0.25, -0.2) is 4.98 Å². The molecule has 5 heteroatoms. The predicted octanol–water partition coefficient (Wildman–Crippen LogP) is 4.75. The number of nitrogens with one attached hydrogen (secondary N) is 3. The van der Waals surface area contributed by atoms with Gasteiger partial charge in [0.05, 0.1) is 6.04 Å². The van der Waals surface area contributed by atoms with Gasteiger partial charge in [0.1, 0.15) is 5.82 Å². The highest BCUT2D eigenvalue weighted by atomic mass is 16.1. The number of anilines is 1.